The first-order valence-electron chi connectivity index (χ1n) is 10.5. The van der Waals surface area contributed by atoms with Crippen molar-refractivity contribution >= 4 is 0 Å². The van der Waals surface area contributed by atoms with Crippen LogP contribution in [0.3, 0.4) is 0 Å². The van der Waals surface area contributed by atoms with Gasteiger partial charge in [-0.3, -0.25) is 4.90 Å². The second-order valence-corrected chi connectivity index (χ2v) is 8.99. The Balaban J connectivity index is 1.62. The van der Waals surface area contributed by atoms with Crippen LogP contribution in [0.15, 0.2) is 0 Å². The molecular formula is C21H39NO. The lowest BCUT2D eigenvalue weighted by Gasteiger charge is -2.49. The fourth-order valence-electron chi connectivity index (χ4n) is 5.51. The zero-order chi connectivity index (χ0) is 16.2. The number of nitrogens with zero attached hydrogens (tertiary/aromatic N) is 1. The van der Waals surface area contributed by atoms with Crippen LogP contribution in [0, 0.1) is 17.8 Å². The average molecular weight is 322 g/mol. The molecule has 3 aliphatic rings. The van der Waals surface area contributed by atoms with Crippen LogP contribution in [-0.2, 0) is 4.74 Å². The van der Waals surface area contributed by atoms with E-state index in [1.54, 1.807) is 0 Å². The third-order valence-corrected chi connectivity index (χ3v) is 6.96. The van der Waals surface area contributed by atoms with E-state index in [4.69, 9.17) is 4.74 Å². The summed E-state index contributed by atoms with van der Waals surface area (Å²) in [5.74, 6) is 2.72. The molecule has 0 aromatic rings. The molecule has 0 heterocycles. The molecular weight excluding hydrogens is 282 g/mol. The van der Waals surface area contributed by atoms with E-state index in [1.165, 1.54) is 77.2 Å². The van der Waals surface area contributed by atoms with E-state index in [-0.39, 0.29) is 0 Å². The summed E-state index contributed by atoms with van der Waals surface area (Å²) in [7, 11) is 1.97. The minimum atomic E-state index is 0.482. The van der Waals surface area contributed by atoms with Crippen molar-refractivity contribution in [1.29, 1.82) is 0 Å². The van der Waals surface area contributed by atoms with Crippen LogP contribution in [0.1, 0.15) is 84.5 Å². The molecule has 0 N–H and O–H groups in total. The third kappa shape index (κ3) is 4.31. The van der Waals surface area contributed by atoms with Gasteiger partial charge in [0.25, 0.3) is 0 Å². The topological polar surface area (TPSA) is 12.5 Å². The average Bonchev–Trinajstić information content (AvgIpc) is 2.52. The van der Waals surface area contributed by atoms with Crippen molar-refractivity contribution in [3.05, 3.63) is 0 Å². The van der Waals surface area contributed by atoms with Gasteiger partial charge >= 0.3 is 0 Å². The minimum absolute atomic E-state index is 0.482. The van der Waals surface area contributed by atoms with Crippen molar-refractivity contribution in [2.45, 2.75) is 103 Å². The Morgan fingerprint density at radius 2 is 1.61 bits per heavy atom. The number of rotatable bonds is 6. The van der Waals surface area contributed by atoms with Crippen LogP contribution >= 0.6 is 0 Å². The Morgan fingerprint density at radius 3 is 2.17 bits per heavy atom. The van der Waals surface area contributed by atoms with Crippen LogP contribution in [0.25, 0.3) is 0 Å². The Hall–Kier alpha value is -0.0800. The number of hydrogen-bond acceptors (Lipinski definition) is 2. The summed E-state index contributed by atoms with van der Waals surface area (Å²) in [6.07, 6.45) is 16.3. The molecule has 2 nitrogen and oxygen atoms in total. The fourth-order valence-corrected chi connectivity index (χ4v) is 5.51. The molecule has 134 valence electrons. The first-order chi connectivity index (χ1) is 11.2. The molecule has 3 rings (SSSR count). The minimum Gasteiger partial charge on any atom is -0.380 e. The van der Waals surface area contributed by atoms with E-state index in [0.29, 0.717) is 12.1 Å². The lowest BCUT2D eigenvalue weighted by Crippen LogP contribution is -2.55. The molecule has 3 saturated carbocycles. The monoisotopic (exact) mass is 321 g/mol. The second-order valence-electron chi connectivity index (χ2n) is 8.99. The Kier molecular flexibility index (Phi) is 6.43. The van der Waals surface area contributed by atoms with Crippen LogP contribution in [0.2, 0.25) is 0 Å². The molecule has 3 unspecified atom stereocenters. The van der Waals surface area contributed by atoms with Gasteiger partial charge in [-0.1, -0.05) is 52.4 Å². The normalized spacial score (nSPS) is 34.0. The molecule has 3 atom stereocenters. The van der Waals surface area contributed by atoms with Crippen molar-refractivity contribution in [2.75, 3.05) is 13.7 Å². The lowest BCUT2D eigenvalue weighted by atomic mass is 9.70. The van der Waals surface area contributed by atoms with Gasteiger partial charge in [-0.15, -0.1) is 0 Å². The highest BCUT2D eigenvalue weighted by Crippen LogP contribution is 2.41. The molecule has 0 aromatic carbocycles. The number of hydrogen-bond donors (Lipinski definition) is 0. The van der Waals surface area contributed by atoms with Crippen molar-refractivity contribution in [2.24, 2.45) is 17.8 Å². The molecule has 0 radical (unpaired) electrons. The third-order valence-electron chi connectivity index (χ3n) is 6.96. The summed E-state index contributed by atoms with van der Waals surface area (Å²) >= 11 is 0. The zero-order valence-electron chi connectivity index (χ0n) is 15.8. The summed E-state index contributed by atoms with van der Waals surface area (Å²) < 4.78 is 6.06. The molecule has 0 amide bonds. The van der Waals surface area contributed by atoms with E-state index >= 15 is 0 Å². The summed E-state index contributed by atoms with van der Waals surface area (Å²) in [4.78, 5) is 2.86. The van der Waals surface area contributed by atoms with Crippen molar-refractivity contribution in [3.63, 3.8) is 0 Å². The predicted molar refractivity (Wildman–Crippen MR) is 97.7 cm³/mol. The summed E-state index contributed by atoms with van der Waals surface area (Å²) in [6.45, 7) is 6.02. The van der Waals surface area contributed by atoms with Gasteiger partial charge in [0.2, 0.25) is 0 Å². The Morgan fingerprint density at radius 1 is 0.870 bits per heavy atom. The predicted octanol–water partition coefficient (Wildman–Crippen LogP) is 5.26. The first-order valence-corrected chi connectivity index (χ1v) is 10.5. The van der Waals surface area contributed by atoms with Gasteiger partial charge in [0.05, 0.1) is 6.10 Å². The van der Waals surface area contributed by atoms with Gasteiger partial charge in [0.15, 0.2) is 0 Å². The van der Waals surface area contributed by atoms with E-state index < -0.39 is 0 Å². The van der Waals surface area contributed by atoms with Crippen LogP contribution in [0.4, 0.5) is 0 Å². The first kappa shape index (κ1) is 17.7. The van der Waals surface area contributed by atoms with Crippen LogP contribution in [-0.4, -0.2) is 36.7 Å². The van der Waals surface area contributed by atoms with E-state index in [0.717, 1.165) is 23.8 Å². The van der Waals surface area contributed by atoms with Gasteiger partial charge in [0.1, 0.15) is 0 Å². The standard InChI is InChI=1S/C21H39NO/c1-16(2)15-22(19-10-7-11-19)20-13-12-18(14-21(20)23-3)17-8-5-4-6-9-17/h16-21H,4-15H2,1-3H3. The quantitative estimate of drug-likeness (QED) is 0.661. The number of ether oxygens (including phenoxy) is 1. The van der Waals surface area contributed by atoms with Gasteiger partial charge < -0.3 is 4.74 Å². The number of methoxy groups -OCH3 is 1. The molecule has 0 spiro atoms. The summed E-state index contributed by atoms with van der Waals surface area (Å²) in [6, 6.07) is 1.54. The van der Waals surface area contributed by atoms with Crippen molar-refractivity contribution in [3.8, 4) is 0 Å². The van der Waals surface area contributed by atoms with Gasteiger partial charge in [0, 0.05) is 25.7 Å². The van der Waals surface area contributed by atoms with E-state index in [1.807, 2.05) is 7.11 Å². The smallest absolute Gasteiger partial charge is 0.0729 e. The van der Waals surface area contributed by atoms with Crippen molar-refractivity contribution < 1.29 is 4.74 Å². The largest absolute Gasteiger partial charge is 0.380 e. The van der Waals surface area contributed by atoms with Gasteiger partial charge in [-0.25, -0.2) is 0 Å². The molecule has 0 saturated heterocycles. The van der Waals surface area contributed by atoms with E-state index in [9.17, 15) is 0 Å². The summed E-state index contributed by atoms with van der Waals surface area (Å²) in [5, 5.41) is 0. The highest BCUT2D eigenvalue weighted by molar-refractivity contribution is 4.94. The zero-order valence-corrected chi connectivity index (χ0v) is 15.8. The van der Waals surface area contributed by atoms with Gasteiger partial charge in [-0.05, 0) is 49.9 Å². The maximum absolute atomic E-state index is 6.06. The lowest BCUT2D eigenvalue weighted by molar-refractivity contribution is -0.0649. The van der Waals surface area contributed by atoms with Crippen LogP contribution in [0.5, 0.6) is 0 Å². The second kappa shape index (κ2) is 8.34. The molecule has 0 bridgehead atoms. The Labute approximate surface area is 144 Å². The van der Waals surface area contributed by atoms with Gasteiger partial charge in [-0.2, -0.15) is 0 Å². The molecule has 0 aliphatic heterocycles. The van der Waals surface area contributed by atoms with E-state index in [2.05, 4.69) is 18.7 Å². The highest BCUT2D eigenvalue weighted by Gasteiger charge is 2.40. The molecule has 3 aliphatic carbocycles. The molecule has 0 aromatic heterocycles. The van der Waals surface area contributed by atoms with Crippen molar-refractivity contribution in [1.82, 2.24) is 4.90 Å². The molecule has 2 heteroatoms. The maximum Gasteiger partial charge on any atom is 0.0729 e. The highest BCUT2D eigenvalue weighted by atomic mass is 16.5. The SMILES string of the molecule is COC1CC(C2CCCCC2)CCC1N(CC(C)C)C1CCC1. The van der Waals surface area contributed by atoms with Crippen LogP contribution < -0.4 is 0 Å². The maximum atomic E-state index is 6.06. The molecule has 3 fully saturated rings. The summed E-state index contributed by atoms with van der Waals surface area (Å²) in [5.41, 5.74) is 0. The fraction of sp³-hybridized carbons (Fsp3) is 1.00. The molecule has 23 heavy (non-hydrogen) atoms. The Bertz CT molecular complexity index is 346.